The zero-order valence-corrected chi connectivity index (χ0v) is 10.1. The molecule has 16 heavy (non-hydrogen) atoms. The molecular weight excluding hydrogens is 200 g/mol. The molecule has 0 aromatic rings. The van der Waals surface area contributed by atoms with Gasteiger partial charge in [0.15, 0.2) is 0 Å². The molecule has 0 spiro atoms. The average molecular weight is 224 g/mol. The summed E-state index contributed by atoms with van der Waals surface area (Å²) in [6.07, 6.45) is 12.2. The van der Waals surface area contributed by atoms with E-state index in [1.54, 1.807) is 0 Å². The van der Waals surface area contributed by atoms with Crippen molar-refractivity contribution in [3.63, 3.8) is 0 Å². The van der Waals surface area contributed by atoms with Crippen LogP contribution in [0.1, 0.15) is 44.9 Å². The van der Waals surface area contributed by atoms with Gasteiger partial charge < -0.3 is 11.1 Å². The summed E-state index contributed by atoms with van der Waals surface area (Å²) in [4.78, 5) is 11.6. The van der Waals surface area contributed by atoms with E-state index in [-0.39, 0.29) is 5.91 Å². The first kappa shape index (κ1) is 13.2. The molecule has 0 unspecified atom stereocenters. The van der Waals surface area contributed by atoms with Crippen LogP contribution >= 0.6 is 0 Å². The molecule has 0 radical (unpaired) electrons. The molecule has 0 bridgehead atoms. The summed E-state index contributed by atoms with van der Waals surface area (Å²) in [5, 5.41) is 2.90. The zero-order valence-electron chi connectivity index (χ0n) is 10.1. The summed E-state index contributed by atoms with van der Waals surface area (Å²) < 4.78 is 0. The van der Waals surface area contributed by atoms with E-state index in [4.69, 9.17) is 5.73 Å². The van der Waals surface area contributed by atoms with Crippen LogP contribution in [0.5, 0.6) is 0 Å². The van der Waals surface area contributed by atoms with Gasteiger partial charge in [0.25, 0.3) is 0 Å². The Balaban J connectivity index is 2.14. The first-order chi connectivity index (χ1) is 7.83. The minimum absolute atomic E-state index is 0.188. The Morgan fingerprint density at radius 3 is 2.50 bits per heavy atom. The highest BCUT2D eigenvalue weighted by atomic mass is 16.1. The molecule has 1 amide bonds. The van der Waals surface area contributed by atoms with E-state index >= 15 is 0 Å². The third-order valence-electron chi connectivity index (χ3n) is 3.17. The first-order valence-corrected chi connectivity index (χ1v) is 6.44. The third-order valence-corrected chi connectivity index (χ3v) is 3.17. The van der Waals surface area contributed by atoms with E-state index in [1.807, 2.05) is 12.2 Å². The number of hydrogen-bond donors (Lipinski definition) is 2. The van der Waals surface area contributed by atoms with E-state index in [2.05, 4.69) is 5.32 Å². The smallest absolute Gasteiger partial charge is 0.220 e. The zero-order chi connectivity index (χ0) is 11.6. The number of rotatable bonds is 5. The van der Waals surface area contributed by atoms with E-state index in [9.17, 15) is 4.79 Å². The second-order valence-corrected chi connectivity index (χ2v) is 4.57. The van der Waals surface area contributed by atoms with E-state index in [0.717, 1.165) is 0 Å². The van der Waals surface area contributed by atoms with Gasteiger partial charge in [0.05, 0.1) is 0 Å². The summed E-state index contributed by atoms with van der Waals surface area (Å²) in [5.41, 5.74) is 5.31. The van der Waals surface area contributed by atoms with Gasteiger partial charge in [-0.25, -0.2) is 0 Å². The van der Waals surface area contributed by atoms with Gasteiger partial charge in [0, 0.05) is 19.5 Å². The van der Waals surface area contributed by atoms with Gasteiger partial charge in [-0.05, 0) is 18.8 Å². The van der Waals surface area contributed by atoms with Gasteiger partial charge in [-0.15, -0.1) is 0 Å². The molecule has 1 aliphatic rings. The van der Waals surface area contributed by atoms with E-state index < -0.39 is 0 Å². The highest BCUT2D eigenvalue weighted by molar-refractivity contribution is 5.76. The Kier molecular flexibility index (Phi) is 6.90. The molecule has 0 heterocycles. The predicted molar refractivity (Wildman–Crippen MR) is 67.0 cm³/mol. The molecule has 0 aromatic heterocycles. The second-order valence-electron chi connectivity index (χ2n) is 4.57. The number of amides is 1. The van der Waals surface area contributed by atoms with Crippen LogP contribution < -0.4 is 11.1 Å². The van der Waals surface area contributed by atoms with Crippen molar-refractivity contribution < 1.29 is 4.79 Å². The lowest BCUT2D eigenvalue weighted by atomic mass is 9.96. The van der Waals surface area contributed by atoms with Crippen molar-refractivity contribution in [1.29, 1.82) is 0 Å². The lowest BCUT2D eigenvalue weighted by Crippen LogP contribution is -2.25. The van der Waals surface area contributed by atoms with E-state index in [0.29, 0.717) is 25.4 Å². The Hall–Kier alpha value is -0.830. The molecule has 3 N–H and O–H groups in total. The minimum atomic E-state index is 0.188. The molecule has 1 aliphatic carbocycles. The molecule has 1 rings (SSSR count). The van der Waals surface area contributed by atoms with Crippen LogP contribution in [0.15, 0.2) is 12.2 Å². The maximum Gasteiger partial charge on any atom is 0.220 e. The molecular formula is C13H24N2O. The Labute approximate surface area is 98.5 Å². The van der Waals surface area contributed by atoms with Crippen molar-refractivity contribution in [3.8, 4) is 0 Å². The lowest BCUT2D eigenvalue weighted by molar-refractivity contribution is -0.121. The molecule has 0 saturated heterocycles. The summed E-state index contributed by atoms with van der Waals surface area (Å²) in [7, 11) is 0. The van der Waals surface area contributed by atoms with Crippen LogP contribution in [0, 0.1) is 5.92 Å². The number of carbonyl (C=O) groups is 1. The van der Waals surface area contributed by atoms with Gasteiger partial charge >= 0.3 is 0 Å². The van der Waals surface area contributed by atoms with Crippen molar-refractivity contribution in [2.75, 3.05) is 13.1 Å². The van der Waals surface area contributed by atoms with Gasteiger partial charge in [-0.2, -0.15) is 0 Å². The highest BCUT2D eigenvalue weighted by Crippen LogP contribution is 2.25. The number of nitrogens with one attached hydrogen (secondary N) is 1. The Morgan fingerprint density at radius 1 is 1.19 bits per heavy atom. The fourth-order valence-corrected chi connectivity index (χ4v) is 2.25. The number of hydrogen-bond acceptors (Lipinski definition) is 2. The molecule has 1 saturated carbocycles. The summed E-state index contributed by atoms with van der Waals surface area (Å²) >= 11 is 0. The summed E-state index contributed by atoms with van der Waals surface area (Å²) in [6.45, 7) is 1.15. The molecule has 0 atom stereocenters. The van der Waals surface area contributed by atoms with Crippen molar-refractivity contribution in [2.24, 2.45) is 11.7 Å². The third kappa shape index (κ3) is 5.91. The summed E-state index contributed by atoms with van der Waals surface area (Å²) in [5.74, 6) is 0.801. The molecule has 0 aliphatic heterocycles. The maximum atomic E-state index is 11.6. The van der Waals surface area contributed by atoms with Crippen LogP contribution in [0.3, 0.4) is 0 Å². The maximum absolute atomic E-state index is 11.6. The first-order valence-electron chi connectivity index (χ1n) is 6.44. The van der Waals surface area contributed by atoms with E-state index in [1.165, 1.54) is 38.5 Å². The fourth-order valence-electron chi connectivity index (χ4n) is 2.25. The monoisotopic (exact) mass is 224 g/mol. The molecule has 0 aromatic carbocycles. The van der Waals surface area contributed by atoms with Crippen molar-refractivity contribution in [1.82, 2.24) is 5.32 Å². The van der Waals surface area contributed by atoms with Crippen molar-refractivity contribution >= 4 is 5.91 Å². The minimum Gasteiger partial charge on any atom is -0.353 e. The molecule has 3 heteroatoms. The molecule has 92 valence electrons. The average Bonchev–Trinajstić information content (AvgIpc) is 2.53. The van der Waals surface area contributed by atoms with Gasteiger partial charge in [-0.1, -0.05) is 37.8 Å². The van der Waals surface area contributed by atoms with Crippen molar-refractivity contribution in [2.45, 2.75) is 44.9 Å². The van der Waals surface area contributed by atoms with Crippen molar-refractivity contribution in [3.05, 3.63) is 12.2 Å². The Bertz CT molecular complexity index is 218. The van der Waals surface area contributed by atoms with Crippen LogP contribution in [-0.2, 0) is 4.79 Å². The lowest BCUT2D eigenvalue weighted by Gasteiger charge is -2.12. The Morgan fingerprint density at radius 2 is 1.88 bits per heavy atom. The SMILES string of the molecule is NC/C=C/CNC(=O)CC1CCCCCC1. The summed E-state index contributed by atoms with van der Waals surface area (Å²) in [6, 6.07) is 0. The van der Waals surface area contributed by atoms with Crippen LogP contribution in [0.2, 0.25) is 0 Å². The quantitative estimate of drug-likeness (QED) is 0.554. The predicted octanol–water partition coefficient (Wildman–Crippen LogP) is 1.98. The molecule has 1 fully saturated rings. The van der Waals surface area contributed by atoms with Crippen LogP contribution in [0.25, 0.3) is 0 Å². The topological polar surface area (TPSA) is 55.1 Å². The fraction of sp³-hybridized carbons (Fsp3) is 0.769. The second kappa shape index (κ2) is 8.34. The number of nitrogens with two attached hydrogens (primary N) is 1. The van der Waals surface area contributed by atoms with Crippen LogP contribution in [0.4, 0.5) is 0 Å². The van der Waals surface area contributed by atoms with Crippen LogP contribution in [-0.4, -0.2) is 19.0 Å². The normalized spacial score (nSPS) is 18.6. The highest BCUT2D eigenvalue weighted by Gasteiger charge is 2.15. The van der Waals surface area contributed by atoms with Gasteiger partial charge in [0.1, 0.15) is 0 Å². The van der Waals surface area contributed by atoms with Gasteiger partial charge in [0.2, 0.25) is 5.91 Å². The number of carbonyl (C=O) groups excluding carboxylic acids is 1. The largest absolute Gasteiger partial charge is 0.353 e. The van der Waals surface area contributed by atoms with Gasteiger partial charge in [-0.3, -0.25) is 4.79 Å². The molecule has 3 nitrogen and oxygen atoms in total. The standard InChI is InChI=1S/C13H24N2O/c14-9-5-6-10-15-13(16)11-12-7-3-1-2-4-8-12/h5-6,12H,1-4,7-11,14H2,(H,15,16)/b6-5+.